The molecule has 0 saturated carbocycles. The van der Waals surface area contributed by atoms with Crippen molar-refractivity contribution in [2.24, 2.45) is 0 Å². The fourth-order valence-electron chi connectivity index (χ4n) is 1.31. The first-order valence-electron chi connectivity index (χ1n) is 4.74. The fraction of sp³-hybridized carbons (Fsp3) is 0.0833. The van der Waals surface area contributed by atoms with Gasteiger partial charge in [0.2, 0.25) is 12.3 Å². The van der Waals surface area contributed by atoms with Crippen molar-refractivity contribution >= 4 is 22.8 Å². The summed E-state index contributed by atoms with van der Waals surface area (Å²) in [7, 11) is 0. The summed E-state index contributed by atoms with van der Waals surface area (Å²) in [5, 5.41) is 0. The van der Waals surface area contributed by atoms with Crippen molar-refractivity contribution in [3.63, 3.8) is 0 Å². The lowest BCUT2D eigenvalue weighted by Gasteiger charge is -1.95. The third-order valence-electron chi connectivity index (χ3n) is 2.05. The number of rotatable bonds is 3. The zero-order valence-corrected chi connectivity index (χ0v) is 10.3. The highest BCUT2D eigenvalue weighted by Crippen LogP contribution is 1.94. The van der Waals surface area contributed by atoms with E-state index in [1.54, 1.807) is 18.3 Å². The molecule has 0 fully saturated rings. The molecular weight excluding hydrogens is 268 g/mol. The number of carbonyl (C=O) groups is 1. The number of aromatic nitrogens is 2. The van der Waals surface area contributed by atoms with Crippen molar-refractivity contribution < 1.29 is 9.36 Å². The monoisotopic (exact) mass is 279 g/mol. The van der Waals surface area contributed by atoms with Gasteiger partial charge in [-0.1, -0.05) is 12.1 Å². The molecule has 0 aromatic carbocycles. The standard InChI is InChI=1S/C12H11N2O.BrH/c15-12(11-6-2-3-7-13-11)10-14-8-4-1-5-9-14;/h1-9H,10H2;1H/q+1;. The molecule has 0 amide bonds. The maximum Gasteiger partial charge on any atom is 0.245 e. The maximum absolute atomic E-state index is 11.7. The van der Waals surface area contributed by atoms with Crippen molar-refractivity contribution in [2.45, 2.75) is 6.54 Å². The smallest absolute Gasteiger partial charge is 0.245 e. The summed E-state index contributed by atoms with van der Waals surface area (Å²) in [5.41, 5.74) is 0.508. The molecule has 0 aliphatic heterocycles. The molecule has 2 heterocycles. The first-order valence-corrected chi connectivity index (χ1v) is 4.74. The van der Waals surface area contributed by atoms with E-state index in [0.29, 0.717) is 12.2 Å². The van der Waals surface area contributed by atoms with Gasteiger partial charge in [0.15, 0.2) is 12.4 Å². The number of hydrogen-bond acceptors (Lipinski definition) is 2. The van der Waals surface area contributed by atoms with Crippen LogP contribution in [0.15, 0.2) is 55.0 Å². The van der Waals surface area contributed by atoms with E-state index in [-0.39, 0.29) is 22.8 Å². The van der Waals surface area contributed by atoms with E-state index >= 15 is 0 Å². The van der Waals surface area contributed by atoms with Gasteiger partial charge in [-0.25, -0.2) is 0 Å². The second kappa shape index (κ2) is 6.12. The average Bonchev–Trinajstić information content (AvgIpc) is 2.31. The second-order valence-corrected chi connectivity index (χ2v) is 3.19. The van der Waals surface area contributed by atoms with E-state index in [1.807, 2.05) is 41.2 Å². The Bertz CT molecular complexity index is 445. The average molecular weight is 280 g/mol. The van der Waals surface area contributed by atoms with Crippen molar-refractivity contribution in [1.29, 1.82) is 0 Å². The minimum atomic E-state index is 0. The Morgan fingerprint density at radius 2 is 1.88 bits per heavy atom. The van der Waals surface area contributed by atoms with Gasteiger partial charge < -0.3 is 0 Å². The zero-order chi connectivity index (χ0) is 10.5. The Labute approximate surface area is 105 Å². The van der Waals surface area contributed by atoms with Gasteiger partial charge in [-0.05, 0) is 12.1 Å². The summed E-state index contributed by atoms with van der Waals surface area (Å²) in [4.78, 5) is 15.7. The molecule has 0 unspecified atom stereocenters. The number of pyridine rings is 2. The molecule has 2 aromatic heterocycles. The molecule has 3 nitrogen and oxygen atoms in total. The molecule has 0 radical (unpaired) electrons. The van der Waals surface area contributed by atoms with Gasteiger partial charge >= 0.3 is 0 Å². The van der Waals surface area contributed by atoms with Crippen LogP contribution in [0, 0.1) is 0 Å². The molecule has 16 heavy (non-hydrogen) atoms. The van der Waals surface area contributed by atoms with Gasteiger partial charge in [-0.2, -0.15) is 4.57 Å². The fourth-order valence-corrected chi connectivity index (χ4v) is 1.31. The Morgan fingerprint density at radius 1 is 1.12 bits per heavy atom. The van der Waals surface area contributed by atoms with Gasteiger partial charge in [-0.15, -0.1) is 17.0 Å². The van der Waals surface area contributed by atoms with Gasteiger partial charge in [0.1, 0.15) is 5.69 Å². The largest absolute Gasteiger partial charge is 0.285 e. The maximum atomic E-state index is 11.7. The number of nitrogens with zero attached hydrogens (tertiary/aromatic N) is 2. The number of Topliss-reactive ketones (excluding diaryl/α,β-unsaturated/α-hetero) is 1. The van der Waals surface area contributed by atoms with E-state index in [4.69, 9.17) is 0 Å². The Hall–Kier alpha value is -1.55. The minimum Gasteiger partial charge on any atom is -0.285 e. The van der Waals surface area contributed by atoms with E-state index in [2.05, 4.69) is 4.98 Å². The van der Waals surface area contributed by atoms with E-state index in [0.717, 1.165) is 0 Å². The Kier molecular flexibility index (Phi) is 4.79. The Balaban J connectivity index is 0.00000128. The molecule has 0 saturated heterocycles. The first-order chi connectivity index (χ1) is 7.36. The highest BCUT2D eigenvalue weighted by molar-refractivity contribution is 8.93. The summed E-state index contributed by atoms with van der Waals surface area (Å²) in [6, 6.07) is 11.0. The molecule has 4 heteroatoms. The van der Waals surface area contributed by atoms with Crippen LogP contribution in [0.1, 0.15) is 10.5 Å². The predicted octanol–water partition coefficient (Wildman–Crippen LogP) is 1.83. The topological polar surface area (TPSA) is 33.8 Å². The van der Waals surface area contributed by atoms with Crippen LogP contribution in [0.3, 0.4) is 0 Å². The van der Waals surface area contributed by atoms with Gasteiger partial charge in [-0.3, -0.25) is 9.78 Å². The molecule has 2 aromatic rings. The van der Waals surface area contributed by atoms with Crippen molar-refractivity contribution in [3.05, 3.63) is 60.7 Å². The third kappa shape index (κ3) is 3.24. The number of hydrogen-bond donors (Lipinski definition) is 0. The zero-order valence-electron chi connectivity index (χ0n) is 8.61. The van der Waals surface area contributed by atoms with Crippen molar-refractivity contribution in [1.82, 2.24) is 4.98 Å². The van der Waals surface area contributed by atoms with Crippen LogP contribution in [0.4, 0.5) is 0 Å². The second-order valence-electron chi connectivity index (χ2n) is 3.19. The van der Waals surface area contributed by atoms with Crippen LogP contribution in [0.25, 0.3) is 0 Å². The molecule has 0 aliphatic rings. The van der Waals surface area contributed by atoms with Crippen LogP contribution >= 0.6 is 17.0 Å². The minimum absolute atomic E-state index is 0. The molecule has 0 atom stereocenters. The molecule has 0 aliphatic carbocycles. The molecule has 0 spiro atoms. The molecule has 0 bridgehead atoms. The highest BCUT2D eigenvalue weighted by Gasteiger charge is 2.11. The van der Waals surface area contributed by atoms with Crippen LogP contribution in [-0.4, -0.2) is 10.8 Å². The van der Waals surface area contributed by atoms with Crippen molar-refractivity contribution in [3.8, 4) is 0 Å². The van der Waals surface area contributed by atoms with E-state index in [9.17, 15) is 4.79 Å². The van der Waals surface area contributed by atoms with Crippen LogP contribution in [0.2, 0.25) is 0 Å². The van der Waals surface area contributed by atoms with Crippen molar-refractivity contribution in [2.75, 3.05) is 0 Å². The van der Waals surface area contributed by atoms with Gasteiger partial charge in [0.05, 0.1) is 0 Å². The first kappa shape index (κ1) is 12.5. The lowest BCUT2D eigenvalue weighted by molar-refractivity contribution is -0.683. The number of halogens is 1. The third-order valence-corrected chi connectivity index (χ3v) is 2.05. The van der Waals surface area contributed by atoms with E-state index < -0.39 is 0 Å². The number of ketones is 1. The molecule has 2 rings (SSSR count). The molecular formula is C12H12BrN2O+. The summed E-state index contributed by atoms with van der Waals surface area (Å²) in [6.07, 6.45) is 5.35. The summed E-state index contributed by atoms with van der Waals surface area (Å²) >= 11 is 0. The van der Waals surface area contributed by atoms with Crippen LogP contribution in [0.5, 0.6) is 0 Å². The van der Waals surface area contributed by atoms with Gasteiger partial charge in [0, 0.05) is 18.3 Å². The van der Waals surface area contributed by atoms with E-state index in [1.165, 1.54) is 0 Å². The predicted molar refractivity (Wildman–Crippen MR) is 65.5 cm³/mol. The summed E-state index contributed by atoms with van der Waals surface area (Å²) in [5.74, 6) is 0.0202. The SMILES string of the molecule is Br.O=C(C[n+]1ccccc1)c1ccccn1. The van der Waals surface area contributed by atoms with Crippen LogP contribution < -0.4 is 4.57 Å². The summed E-state index contributed by atoms with van der Waals surface area (Å²) in [6.45, 7) is 0.331. The van der Waals surface area contributed by atoms with Gasteiger partial charge in [0.25, 0.3) is 0 Å². The highest BCUT2D eigenvalue weighted by atomic mass is 79.9. The Morgan fingerprint density at radius 3 is 2.50 bits per heavy atom. The summed E-state index contributed by atoms with van der Waals surface area (Å²) < 4.78 is 1.83. The van der Waals surface area contributed by atoms with Crippen LogP contribution in [-0.2, 0) is 6.54 Å². The molecule has 0 N–H and O–H groups in total. The quantitative estimate of drug-likeness (QED) is 0.635. The lowest BCUT2D eigenvalue weighted by atomic mass is 10.2. The lowest BCUT2D eigenvalue weighted by Crippen LogP contribution is -2.37. The number of carbonyl (C=O) groups excluding carboxylic acids is 1. The normalized spacial score (nSPS) is 9.25. The molecule has 82 valence electrons.